The molecule has 7 nitrogen and oxygen atoms in total. The first-order valence-electron chi connectivity index (χ1n) is 11.1. The van der Waals surface area contributed by atoms with Gasteiger partial charge in [-0.05, 0) is 55.5 Å². The van der Waals surface area contributed by atoms with Gasteiger partial charge in [0.25, 0.3) is 5.91 Å². The number of carbonyl (C=O) groups is 2. The fourth-order valence-corrected chi connectivity index (χ4v) is 5.50. The van der Waals surface area contributed by atoms with Crippen molar-refractivity contribution in [3.63, 3.8) is 0 Å². The molecule has 5 rings (SSSR count). The second kappa shape index (κ2) is 8.52. The minimum absolute atomic E-state index is 0.0984. The van der Waals surface area contributed by atoms with Crippen LogP contribution < -0.4 is 20.9 Å². The molecule has 3 aromatic rings. The summed E-state index contributed by atoms with van der Waals surface area (Å²) < 4.78 is 0. The summed E-state index contributed by atoms with van der Waals surface area (Å²) in [6.45, 7) is 6.13. The number of carbonyl (C=O) groups excluding carboxylic acids is 2. The van der Waals surface area contributed by atoms with Gasteiger partial charge in [0.15, 0.2) is 0 Å². The summed E-state index contributed by atoms with van der Waals surface area (Å²) in [7, 11) is 0. The van der Waals surface area contributed by atoms with E-state index in [9.17, 15) is 9.59 Å². The Balaban J connectivity index is 1.50. The van der Waals surface area contributed by atoms with Crippen LogP contribution in [-0.2, 0) is 6.42 Å². The summed E-state index contributed by atoms with van der Waals surface area (Å²) in [5.41, 5.74) is 3.35. The predicted octanol–water partition coefficient (Wildman–Crippen LogP) is 4.66. The highest BCUT2D eigenvalue weighted by molar-refractivity contribution is 7.21. The fraction of sp³-hybridized carbons (Fsp3) is 0.375. The van der Waals surface area contributed by atoms with Crippen molar-refractivity contribution in [1.82, 2.24) is 15.6 Å². The molecule has 0 saturated carbocycles. The van der Waals surface area contributed by atoms with Crippen LogP contribution in [0, 0.1) is 5.92 Å². The number of hydrogen-bond donors (Lipinski definition) is 3. The van der Waals surface area contributed by atoms with Crippen molar-refractivity contribution >= 4 is 50.6 Å². The van der Waals surface area contributed by atoms with Crippen LogP contribution in [0.1, 0.15) is 41.9 Å². The minimum atomic E-state index is -0.270. The zero-order valence-electron chi connectivity index (χ0n) is 18.3. The molecule has 1 atom stereocenters. The van der Waals surface area contributed by atoms with Crippen LogP contribution in [0.3, 0.4) is 0 Å². The maximum Gasteiger partial charge on any atom is 0.331 e. The summed E-state index contributed by atoms with van der Waals surface area (Å²) in [4.78, 5) is 33.6. The first-order valence-corrected chi connectivity index (χ1v) is 12.0. The number of hydrogen-bond acceptors (Lipinski definition) is 5. The molecule has 4 heterocycles. The van der Waals surface area contributed by atoms with Crippen molar-refractivity contribution in [2.75, 3.05) is 23.3 Å². The van der Waals surface area contributed by atoms with Crippen molar-refractivity contribution in [2.24, 2.45) is 5.92 Å². The number of urea groups is 1. The summed E-state index contributed by atoms with van der Waals surface area (Å²) in [6.07, 6.45) is 4.69. The molecule has 0 spiro atoms. The molecule has 32 heavy (non-hydrogen) atoms. The predicted molar refractivity (Wildman–Crippen MR) is 129 cm³/mol. The smallest absolute Gasteiger partial charge is 0.331 e. The first-order chi connectivity index (χ1) is 15.5. The van der Waals surface area contributed by atoms with Gasteiger partial charge in [-0.2, -0.15) is 0 Å². The number of nitrogens with zero attached hydrogens (tertiary/aromatic N) is 2. The van der Waals surface area contributed by atoms with E-state index in [1.807, 2.05) is 18.2 Å². The van der Waals surface area contributed by atoms with Gasteiger partial charge < -0.3 is 16.0 Å². The van der Waals surface area contributed by atoms with E-state index in [1.165, 1.54) is 16.9 Å². The molecule has 3 N–H and O–H groups in total. The number of nitrogens with one attached hydrogen (secondary N) is 3. The zero-order chi connectivity index (χ0) is 22.2. The summed E-state index contributed by atoms with van der Waals surface area (Å²) in [6, 6.07) is 9.76. The molecule has 1 saturated heterocycles. The number of anilines is 3. The Morgan fingerprint density at radius 2 is 2.09 bits per heavy atom. The standard InChI is InChI=1S/C24H27N5O2S/c1-14(2)12-15-5-7-17(8-6-15)29-18-9-11-26-23-19(18)20(28-24(29)31)21(32-23)22(30)27-16-4-3-10-25-13-16/h5-9,11,14,16,25H,3-4,10,12-13H2,1-2H3,(H,27,30)(H,28,31). The van der Waals surface area contributed by atoms with Gasteiger partial charge >= 0.3 is 6.03 Å². The van der Waals surface area contributed by atoms with E-state index in [0.29, 0.717) is 16.5 Å². The van der Waals surface area contributed by atoms with Gasteiger partial charge in [-0.25, -0.2) is 9.78 Å². The third kappa shape index (κ3) is 3.84. The maximum absolute atomic E-state index is 13.2. The third-order valence-corrected chi connectivity index (χ3v) is 7.02. The molecule has 2 aromatic heterocycles. The zero-order valence-corrected chi connectivity index (χ0v) is 19.1. The van der Waals surface area contributed by atoms with Crippen LogP contribution in [0.15, 0.2) is 36.5 Å². The largest absolute Gasteiger partial charge is 0.347 e. The van der Waals surface area contributed by atoms with Gasteiger partial charge in [-0.1, -0.05) is 26.0 Å². The molecule has 1 fully saturated rings. The fourth-order valence-electron chi connectivity index (χ4n) is 4.48. The Labute approximate surface area is 191 Å². The van der Waals surface area contributed by atoms with Crippen LogP contribution in [0.4, 0.5) is 21.9 Å². The van der Waals surface area contributed by atoms with Crippen molar-refractivity contribution < 1.29 is 9.59 Å². The normalized spacial score (nSPS) is 18.2. The lowest BCUT2D eigenvalue weighted by atomic mass is 10.0. The van der Waals surface area contributed by atoms with Crippen molar-refractivity contribution in [3.8, 4) is 0 Å². The molecule has 8 heteroatoms. The second-order valence-corrected chi connectivity index (χ2v) is 9.86. The highest BCUT2D eigenvalue weighted by Crippen LogP contribution is 2.45. The third-order valence-electron chi connectivity index (χ3n) is 5.92. The van der Waals surface area contributed by atoms with Crippen LogP contribution >= 0.6 is 11.3 Å². The Morgan fingerprint density at radius 3 is 2.81 bits per heavy atom. The molecule has 2 aliphatic heterocycles. The van der Waals surface area contributed by atoms with Crippen LogP contribution in [-0.4, -0.2) is 36.1 Å². The summed E-state index contributed by atoms with van der Waals surface area (Å²) in [5.74, 6) is 0.413. The lowest BCUT2D eigenvalue weighted by Gasteiger charge is -2.29. The van der Waals surface area contributed by atoms with Crippen molar-refractivity contribution in [1.29, 1.82) is 0 Å². The van der Waals surface area contributed by atoms with Gasteiger partial charge in [-0.15, -0.1) is 11.3 Å². The number of thiophene rings is 1. The molecule has 0 aliphatic carbocycles. The number of benzene rings is 1. The Morgan fingerprint density at radius 1 is 1.28 bits per heavy atom. The number of pyridine rings is 1. The van der Waals surface area contributed by atoms with Crippen LogP contribution in [0.5, 0.6) is 0 Å². The van der Waals surface area contributed by atoms with Gasteiger partial charge in [0.05, 0.1) is 22.4 Å². The van der Waals surface area contributed by atoms with Crippen molar-refractivity contribution in [3.05, 3.63) is 47.0 Å². The average molecular weight is 450 g/mol. The van der Waals surface area contributed by atoms with Crippen LogP contribution in [0.2, 0.25) is 0 Å². The quantitative estimate of drug-likeness (QED) is 0.529. The monoisotopic (exact) mass is 449 g/mol. The second-order valence-electron chi connectivity index (χ2n) is 8.86. The minimum Gasteiger partial charge on any atom is -0.347 e. The molecular weight excluding hydrogens is 422 g/mol. The van der Waals surface area contributed by atoms with E-state index in [4.69, 9.17) is 0 Å². The van der Waals surface area contributed by atoms with Gasteiger partial charge in [0, 0.05) is 18.8 Å². The van der Waals surface area contributed by atoms with Crippen LogP contribution in [0.25, 0.3) is 10.2 Å². The lowest BCUT2D eigenvalue weighted by Crippen LogP contribution is -2.45. The van der Waals surface area contributed by atoms with E-state index < -0.39 is 0 Å². The molecular formula is C24H27N5O2S. The molecule has 166 valence electrons. The van der Waals surface area contributed by atoms with Crippen molar-refractivity contribution in [2.45, 2.75) is 39.2 Å². The molecule has 0 bridgehead atoms. The lowest BCUT2D eigenvalue weighted by molar-refractivity contribution is 0.0935. The van der Waals surface area contributed by atoms with E-state index >= 15 is 0 Å². The average Bonchev–Trinajstić information content (AvgIpc) is 3.15. The summed E-state index contributed by atoms with van der Waals surface area (Å²) >= 11 is 1.32. The van der Waals surface area contributed by atoms with E-state index in [0.717, 1.165) is 53.9 Å². The molecule has 1 unspecified atom stereocenters. The van der Waals surface area contributed by atoms with E-state index in [1.54, 1.807) is 11.1 Å². The van der Waals surface area contributed by atoms with E-state index in [2.05, 4.69) is 46.9 Å². The molecule has 3 amide bonds. The van der Waals surface area contributed by atoms with Gasteiger partial charge in [0.1, 0.15) is 9.71 Å². The highest BCUT2D eigenvalue weighted by atomic mass is 32.1. The number of aromatic nitrogens is 1. The van der Waals surface area contributed by atoms with E-state index in [-0.39, 0.29) is 18.0 Å². The Hall–Kier alpha value is -2.97. The highest BCUT2D eigenvalue weighted by Gasteiger charge is 2.33. The topological polar surface area (TPSA) is 86.4 Å². The first kappa shape index (κ1) is 20.9. The maximum atomic E-state index is 13.2. The molecule has 0 radical (unpaired) electrons. The number of amides is 3. The van der Waals surface area contributed by atoms with Gasteiger partial charge in [-0.3, -0.25) is 9.69 Å². The SMILES string of the molecule is CC(C)Cc1ccc(N2C(=O)Nc3c(C(=O)NC4CCCNC4)sc4nccc2c34)cc1. The Kier molecular flexibility index (Phi) is 5.57. The number of piperidine rings is 1. The Bertz CT molecular complexity index is 1170. The summed E-state index contributed by atoms with van der Waals surface area (Å²) in [5, 5.41) is 10.2. The molecule has 2 aliphatic rings. The molecule has 1 aromatic carbocycles. The van der Waals surface area contributed by atoms with Gasteiger partial charge in [0.2, 0.25) is 0 Å². The number of rotatable bonds is 5.